The number of rotatable bonds is 9. The molecule has 3 aromatic carbocycles. The normalized spacial score (nSPS) is 11.3. The second kappa shape index (κ2) is 11.3. The average Bonchev–Trinajstić information content (AvgIpc) is 2.91. The van der Waals surface area contributed by atoms with Gasteiger partial charge in [0.15, 0.2) is 5.82 Å². The molecule has 0 saturated heterocycles. The molecule has 0 radical (unpaired) electrons. The molecule has 0 saturated carbocycles. The zero-order valence-corrected chi connectivity index (χ0v) is 23.1. The van der Waals surface area contributed by atoms with Crippen molar-refractivity contribution >= 4 is 50.7 Å². The lowest BCUT2D eigenvalue weighted by molar-refractivity contribution is 0.0697. The molecule has 0 aliphatic carbocycles. The number of hydrogen-bond acceptors (Lipinski definition) is 8. The summed E-state index contributed by atoms with van der Waals surface area (Å²) in [6.45, 7) is 1.89. The smallest absolute Gasteiger partial charge is 0.335 e. The van der Waals surface area contributed by atoms with Gasteiger partial charge in [0, 0.05) is 14.1 Å². The zero-order chi connectivity index (χ0) is 28.3. The highest BCUT2D eigenvalue weighted by Crippen LogP contribution is 2.36. The number of aryl methyl sites for hydroxylation is 1. The van der Waals surface area contributed by atoms with Gasteiger partial charge in [-0.2, -0.15) is 4.98 Å². The topological polar surface area (TPSA) is 134 Å². The molecular formula is C27H26ClN5O5S. The molecule has 12 heteroatoms. The number of nitrogens with zero attached hydrogens (tertiary/aromatic N) is 3. The van der Waals surface area contributed by atoms with Gasteiger partial charge in [-0.05, 0) is 60.0 Å². The largest absolute Gasteiger partial charge is 0.495 e. The van der Waals surface area contributed by atoms with E-state index in [1.807, 2.05) is 19.1 Å². The molecule has 1 aromatic heterocycles. The van der Waals surface area contributed by atoms with E-state index in [4.69, 9.17) is 16.3 Å². The highest BCUT2D eigenvalue weighted by Gasteiger charge is 2.22. The van der Waals surface area contributed by atoms with Crippen LogP contribution >= 0.6 is 11.6 Å². The minimum atomic E-state index is -3.73. The molecular weight excluding hydrogens is 542 g/mol. The van der Waals surface area contributed by atoms with E-state index >= 15 is 0 Å². The van der Waals surface area contributed by atoms with E-state index in [1.165, 1.54) is 39.5 Å². The first kappa shape index (κ1) is 27.8. The second-order valence-electron chi connectivity index (χ2n) is 8.68. The van der Waals surface area contributed by atoms with Crippen LogP contribution in [-0.4, -0.2) is 55.0 Å². The molecule has 0 bridgehead atoms. The van der Waals surface area contributed by atoms with E-state index in [-0.39, 0.29) is 27.2 Å². The lowest BCUT2D eigenvalue weighted by atomic mass is 9.97. The number of methoxy groups -OCH3 is 1. The van der Waals surface area contributed by atoms with E-state index in [1.54, 1.807) is 36.4 Å². The van der Waals surface area contributed by atoms with E-state index < -0.39 is 16.0 Å². The summed E-state index contributed by atoms with van der Waals surface area (Å²) >= 11 is 6.34. The van der Waals surface area contributed by atoms with Crippen molar-refractivity contribution in [3.05, 3.63) is 83.0 Å². The van der Waals surface area contributed by atoms with Gasteiger partial charge >= 0.3 is 5.97 Å². The fourth-order valence-corrected chi connectivity index (χ4v) is 5.02. The van der Waals surface area contributed by atoms with Crippen LogP contribution in [0.2, 0.25) is 5.02 Å². The zero-order valence-electron chi connectivity index (χ0n) is 21.6. The Morgan fingerprint density at radius 2 is 1.77 bits per heavy atom. The summed E-state index contributed by atoms with van der Waals surface area (Å²) in [4.78, 5) is 20.2. The van der Waals surface area contributed by atoms with Crippen molar-refractivity contribution in [2.24, 2.45) is 0 Å². The molecule has 0 atom stereocenters. The standard InChI is InChI=1S/C27H26ClN5O5S/c1-16-12-22(23(38-4)14-19(16)17-8-7-9-18(13-17)26(34)35)31-27-29-15-20(28)25(32-27)30-21-10-5-6-11-24(21)39(36,37)33(2)3/h5-15H,1-4H3,(H,34,35)(H2,29,30,31,32). The maximum atomic E-state index is 12.8. The Morgan fingerprint density at radius 1 is 1.03 bits per heavy atom. The Bertz CT molecular complexity index is 1660. The van der Waals surface area contributed by atoms with Gasteiger partial charge < -0.3 is 20.5 Å². The SMILES string of the molecule is COc1cc(-c2cccc(C(=O)O)c2)c(C)cc1Nc1ncc(Cl)c(Nc2ccccc2S(=O)(=O)N(C)C)n1. The Balaban J connectivity index is 1.67. The van der Waals surface area contributed by atoms with Gasteiger partial charge in [-0.1, -0.05) is 35.9 Å². The lowest BCUT2D eigenvalue weighted by Gasteiger charge is -2.17. The number of carboxylic acids is 1. The summed E-state index contributed by atoms with van der Waals surface area (Å²) < 4.78 is 32.3. The van der Waals surface area contributed by atoms with Gasteiger partial charge in [0.2, 0.25) is 16.0 Å². The van der Waals surface area contributed by atoms with Gasteiger partial charge in [0.25, 0.3) is 0 Å². The summed E-state index contributed by atoms with van der Waals surface area (Å²) in [5.74, 6) is -0.139. The third-order valence-electron chi connectivity index (χ3n) is 5.86. The van der Waals surface area contributed by atoms with Gasteiger partial charge in [-0.25, -0.2) is 22.5 Å². The van der Waals surface area contributed by atoms with E-state index in [0.717, 1.165) is 21.0 Å². The maximum absolute atomic E-state index is 12.8. The third-order valence-corrected chi connectivity index (χ3v) is 8.01. The van der Waals surface area contributed by atoms with Gasteiger partial charge in [-0.3, -0.25) is 0 Å². The number of para-hydroxylation sites is 1. The first-order valence-electron chi connectivity index (χ1n) is 11.6. The summed E-state index contributed by atoms with van der Waals surface area (Å²) in [6, 6.07) is 16.7. The molecule has 0 spiro atoms. The summed E-state index contributed by atoms with van der Waals surface area (Å²) in [7, 11) is 0.698. The number of nitrogens with one attached hydrogen (secondary N) is 2. The van der Waals surface area contributed by atoms with Crippen molar-refractivity contribution in [2.75, 3.05) is 31.8 Å². The van der Waals surface area contributed by atoms with E-state index in [9.17, 15) is 18.3 Å². The van der Waals surface area contributed by atoms with Crippen molar-refractivity contribution in [1.29, 1.82) is 0 Å². The van der Waals surface area contributed by atoms with Gasteiger partial charge in [-0.15, -0.1) is 0 Å². The van der Waals surface area contributed by atoms with Gasteiger partial charge in [0.05, 0.1) is 30.2 Å². The van der Waals surface area contributed by atoms with Gasteiger partial charge in [0.1, 0.15) is 15.7 Å². The number of aromatic nitrogens is 2. The quantitative estimate of drug-likeness (QED) is 0.238. The minimum absolute atomic E-state index is 0.0686. The Labute approximate surface area is 231 Å². The van der Waals surface area contributed by atoms with Crippen LogP contribution in [0.3, 0.4) is 0 Å². The van der Waals surface area contributed by atoms with Crippen LogP contribution in [0.15, 0.2) is 71.8 Å². The summed E-state index contributed by atoms with van der Waals surface area (Å²) in [5, 5.41) is 15.7. The molecule has 10 nitrogen and oxygen atoms in total. The van der Waals surface area contributed by atoms with Crippen LogP contribution < -0.4 is 15.4 Å². The van der Waals surface area contributed by atoms with Crippen molar-refractivity contribution in [1.82, 2.24) is 14.3 Å². The van der Waals surface area contributed by atoms with Crippen LogP contribution in [-0.2, 0) is 10.0 Å². The molecule has 202 valence electrons. The number of carboxylic acid groups (broad SMARTS) is 1. The van der Waals surface area contributed by atoms with Crippen molar-refractivity contribution in [2.45, 2.75) is 11.8 Å². The maximum Gasteiger partial charge on any atom is 0.335 e. The number of carbonyl (C=O) groups is 1. The summed E-state index contributed by atoms with van der Waals surface area (Å²) in [5.41, 5.74) is 3.45. The predicted molar refractivity (Wildman–Crippen MR) is 151 cm³/mol. The lowest BCUT2D eigenvalue weighted by Crippen LogP contribution is -2.23. The highest BCUT2D eigenvalue weighted by atomic mass is 35.5. The Hall–Kier alpha value is -4.19. The second-order valence-corrected chi connectivity index (χ2v) is 11.2. The van der Waals surface area contributed by atoms with Crippen LogP contribution in [0.25, 0.3) is 11.1 Å². The minimum Gasteiger partial charge on any atom is -0.495 e. The van der Waals surface area contributed by atoms with Crippen molar-refractivity contribution in [3.63, 3.8) is 0 Å². The average molecular weight is 568 g/mol. The van der Waals surface area contributed by atoms with Crippen LogP contribution in [0.1, 0.15) is 15.9 Å². The number of hydrogen-bond donors (Lipinski definition) is 3. The van der Waals surface area contributed by atoms with Crippen molar-refractivity contribution < 1.29 is 23.1 Å². The first-order chi connectivity index (χ1) is 18.5. The Kier molecular flexibility index (Phi) is 8.05. The molecule has 0 aliphatic heterocycles. The number of benzene rings is 3. The molecule has 0 amide bonds. The summed E-state index contributed by atoms with van der Waals surface area (Å²) in [6.07, 6.45) is 1.40. The third kappa shape index (κ3) is 5.95. The molecule has 0 fully saturated rings. The fraction of sp³-hybridized carbons (Fsp3) is 0.148. The van der Waals surface area contributed by atoms with Crippen LogP contribution in [0.4, 0.5) is 23.1 Å². The molecule has 4 aromatic rings. The number of aromatic carboxylic acids is 1. The number of ether oxygens (including phenoxy) is 1. The Morgan fingerprint density at radius 3 is 2.46 bits per heavy atom. The fourth-order valence-electron chi connectivity index (χ4n) is 3.84. The van der Waals surface area contributed by atoms with Crippen molar-refractivity contribution in [3.8, 4) is 16.9 Å². The number of halogens is 1. The molecule has 0 aliphatic rings. The number of sulfonamides is 1. The van der Waals surface area contributed by atoms with Crippen LogP contribution in [0.5, 0.6) is 5.75 Å². The van der Waals surface area contributed by atoms with Crippen LogP contribution in [0, 0.1) is 6.92 Å². The molecule has 1 heterocycles. The number of anilines is 4. The predicted octanol–water partition coefficient (Wildman–Crippen LogP) is 5.55. The van der Waals surface area contributed by atoms with E-state index in [2.05, 4.69) is 20.6 Å². The monoisotopic (exact) mass is 567 g/mol. The molecule has 3 N–H and O–H groups in total. The van der Waals surface area contributed by atoms with E-state index in [0.29, 0.717) is 17.1 Å². The molecule has 0 unspecified atom stereocenters. The molecule has 4 rings (SSSR count). The molecule has 39 heavy (non-hydrogen) atoms. The highest BCUT2D eigenvalue weighted by molar-refractivity contribution is 7.89. The first-order valence-corrected chi connectivity index (χ1v) is 13.4.